The molecule has 0 radical (unpaired) electrons. The average molecular weight is 163 g/mol. The molecule has 0 fully saturated rings. The van der Waals surface area contributed by atoms with Crippen LogP contribution in [0, 0.1) is 13.8 Å². The van der Waals surface area contributed by atoms with Crippen LogP contribution in [0.2, 0.25) is 0 Å². The predicted octanol–water partition coefficient (Wildman–Crippen LogP) is 3.04. The van der Waals surface area contributed by atoms with Crippen molar-refractivity contribution in [2.45, 2.75) is 13.8 Å². The fourth-order valence-electron chi connectivity index (χ4n) is 0.848. The molecule has 0 aliphatic carbocycles. The summed E-state index contributed by atoms with van der Waals surface area (Å²) in [7, 11) is 0. The van der Waals surface area contributed by atoms with Crippen LogP contribution in [0.3, 0.4) is 0 Å². The summed E-state index contributed by atoms with van der Waals surface area (Å²) < 4.78 is 0. The summed E-state index contributed by atoms with van der Waals surface area (Å²) in [4.78, 5) is 3.87. The Bertz CT molecular complexity index is 311. The van der Waals surface area contributed by atoms with E-state index in [1.807, 2.05) is 18.2 Å². The molecule has 1 aromatic rings. The van der Waals surface area contributed by atoms with Gasteiger partial charge in [-0.1, -0.05) is 6.07 Å². The molecule has 1 rings (SSSR count). The Balaban J connectivity index is 3.14. The van der Waals surface area contributed by atoms with Crippen LogP contribution in [0.1, 0.15) is 11.1 Å². The molecule has 0 aliphatic rings. The smallest absolute Gasteiger partial charge is 0.0742 e. The minimum absolute atomic E-state index is 0.878. The molecule has 1 nitrogen and oxygen atoms in total. The summed E-state index contributed by atoms with van der Waals surface area (Å²) in [5.74, 6) is 0. The van der Waals surface area contributed by atoms with Crippen molar-refractivity contribution in [1.29, 1.82) is 0 Å². The second-order valence-electron chi connectivity index (χ2n) is 2.47. The second-order valence-corrected chi connectivity index (χ2v) is 2.65. The molecule has 0 spiro atoms. The standard InChI is InChI=1S/C9H9NS/c1-7-3-4-9(10-6-11)5-8(7)2/h3-5H,1-2H3. The minimum Gasteiger partial charge on any atom is -0.195 e. The topological polar surface area (TPSA) is 12.4 Å². The van der Waals surface area contributed by atoms with Gasteiger partial charge in [-0.2, -0.15) is 4.99 Å². The number of hydrogen-bond donors (Lipinski definition) is 0. The Kier molecular flexibility index (Phi) is 2.53. The van der Waals surface area contributed by atoms with Gasteiger partial charge in [-0.15, -0.1) is 0 Å². The van der Waals surface area contributed by atoms with E-state index in [1.165, 1.54) is 11.1 Å². The van der Waals surface area contributed by atoms with Crippen LogP contribution >= 0.6 is 12.2 Å². The molecule has 0 atom stereocenters. The zero-order valence-corrected chi connectivity index (χ0v) is 7.40. The first-order chi connectivity index (χ1) is 5.24. The number of thiocarbonyl (C=S) groups is 1. The van der Waals surface area contributed by atoms with Crippen molar-refractivity contribution in [3.63, 3.8) is 0 Å². The van der Waals surface area contributed by atoms with Gasteiger partial charge in [0.1, 0.15) is 0 Å². The quantitative estimate of drug-likeness (QED) is 0.458. The first-order valence-corrected chi connectivity index (χ1v) is 3.80. The number of nitrogens with zero attached hydrogens (tertiary/aromatic N) is 1. The van der Waals surface area contributed by atoms with Crippen LogP contribution in [-0.4, -0.2) is 5.16 Å². The molecule has 0 bridgehead atoms. The lowest BCUT2D eigenvalue weighted by molar-refractivity contribution is 1.33. The van der Waals surface area contributed by atoms with Crippen molar-refractivity contribution in [1.82, 2.24) is 0 Å². The second kappa shape index (κ2) is 3.42. The Morgan fingerprint density at radius 2 is 2.00 bits per heavy atom. The first-order valence-electron chi connectivity index (χ1n) is 3.39. The summed E-state index contributed by atoms with van der Waals surface area (Å²) in [6.45, 7) is 4.12. The molecule has 0 N–H and O–H groups in total. The SMILES string of the molecule is Cc1ccc(N=C=S)cc1C. The van der Waals surface area contributed by atoms with Crippen molar-refractivity contribution in [2.24, 2.45) is 4.99 Å². The monoisotopic (exact) mass is 163 g/mol. The lowest BCUT2D eigenvalue weighted by atomic mass is 10.1. The van der Waals surface area contributed by atoms with Crippen molar-refractivity contribution >= 4 is 23.1 Å². The highest BCUT2D eigenvalue weighted by atomic mass is 32.1. The molecule has 0 saturated heterocycles. The van der Waals surface area contributed by atoms with Gasteiger partial charge in [0, 0.05) is 0 Å². The van der Waals surface area contributed by atoms with Crippen molar-refractivity contribution < 1.29 is 0 Å². The van der Waals surface area contributed by atoms with E-state index in [0.29, 0.717) is 0 Å². The van der Waals surface area contributed by atoms with Gasteiger partial charge in [-0.3, -0.25) is 0 Å². The van der Waals surface area contributed by atoms with Gasteiger partial charge in [0.25, 0.3) is 0 Å². The third-order valence-corrected chi connectivity index (χ3v) is 1.76. The molecular weight excluding hydrogens is 154 g/mol. The number of rotatable bonds is 1. The Labute approximate surface area is 71.8 Å². The largest absolute Gasteiger partial charge is 0.195 e. The highest BCUT2D eigenvalue weighted by Crippen LogP contribution is 2.15. The van der Waals surface area contributed by atoms with Gasteiger partial charge in [0.2, 0.25) is 0 Å². The number of aryl methyl sites for hydroxylation is 2. The normalized spacial score (nSPS) is 8.91. The van der Waals surface area contributed by atoms with Crippen LogP contribution in [0.25, 0.3) is 0 Å². The van der Waals surface area contributed by atoms with E-state index in [9.17, 15) is 0 Å². The van der Waals surface area contributed by atoms with Crippen LogP contribution in [-0.2, 0) is 0 Å². The Morgan fingerprint density at radius 3 is 2.55 bits per heavy atom. The molecule has 0 aliphatic heterocycles. The molecule has 0 amide bonds. The third kappa shape index (κ3) is 1.97. The van der Waals surface area contributed by atoms with Crippen LogP contribution < -0.4 is 0 Å². The molecule has 0 unspecified atom stereocenters. The third-order valence-electron chi connectivity index (χ3n) is 1.67. The molecule has 0 saturated carbocycles. The lowest BCUT2D eigenvalue weighted by Crippen LogP contribution is -1.77. The first kappa shape index (κ1) is 8.12. The molecule has 0 aromatic heterocycles. The summed E-state index contributed by atoms with van der Waals surface area (Å²) in [6, 6.07) is 5.96. The number of isothiocyanates is 1. The number of benzene rings is 1. The van der Waals surface area contributed by atoms with Gasteiger partial charge in [0.05, 0.1) is 10.8 Å². The zero-order valence-electron chi connectivity index (χ0n) is 6.59. The molecule has 56 valence electrons. The average Bonchev–Trinajstić information content (AvgIpc) is 1.98. The highest BCUT2D eigenvalue weighted by molar-refractivity contribution is 7.78. The molecule has 0 heterocycles. The fraction of sp³-hybridized carbons (Fsp3) is 0.222. The van der Waals surface area contributed by atoms with E-state index < -0.39 is 0 Å². The van der Waals surface area contributed by atoms with Crippen molar-refractivity contribution in [3.8, 4) is 0 Å². The van der Waals surface area contributed by atoms with E-state index in [-0.39, 0.29) is 0 Å². The molecular formula is C9H9NS. The van der Waals surface area contributed by atoms with Gasteiger partial charge >= 0.3 is 0 Å². The predicted molar refractivity (Wildman–Crippen MR) is 50.6 cm³/mol. The number of hydrogen-bond acceptors (Lipinski definition) is 2. The van der Waals surface area contributed by atoms with E-state index in [0.717, 1.165) is 5.69 Å². The van der Waals surface area contributed by atoms with E-state index in [1.54, 1.807) is 0 Å². The Hall–Kier alpha value is -0.980. The van der Waals surface area contributed by atoms with Crippen LogP contribution in [0.5, 0.6) is 0 Å². The molecule has 2 heteroatoms. The van der Waals surface area contributed by atoms with E-state index in [4.69, 9.17) is 0 Å². The van der Waals surface area contributed by atoms with Gasteiger partial charge in [-0.05, 0) is 49.3 Å². The lowest BCUT2D eigenvalue weighted by Gasteiger charge is -1.98. The maximum absolute atomic E-state index is 4.49. The van der Waals surface area contributed by atoms with Gasteiger partial charge in [0.15, 0.2) is 0 Å². The van der Waals surface area contributed by atoms with Gasteiger partial charge < -0.3 is 0 Å². The molecule has 1 aromatic carbocycles. The van der Waals surface area contributed by atoms with Crippen molar-refractivity contribution in [2.75, 3.05) is 0 Å². The Morgan fingerprint density at radius 1 is 1.27 bits per heavy atom. The van der Waals surface area contributed by atoms with Crippen molar-refractivity contribution in [3.05, 3.63) is 29.3 Å². The van der Waals surface area contributed by atoms with E-state index >= 15 is 0 Å². The summed E-state index contributed by atoms with van der Waals surface area (Å²) >= 11 is 4.49. The summed E-state index contributed by atoms with van der Waals surface area (Å²) in [5, 5.41) is 2.34. The van der Waals surface area contributed by atoms with Gasteiger partial charge in [-0.25, -0.2) is 0 Å². The van der Waals surface area contributed by atoms with E-state index in [2.05, 4.69) is 36.2 Å². The maximum Gasteiger partial charge on any atom is 0.0742 e. The molecule has 11 heavy (non-hydrogen) atoms. The number of aliphatic imine (C=N–C) groups is 1. The summed E-state index contributed by atoms with van der Waals surface area (Å²) in [6.07, 6.45) is 0. The maximum atomic E-state index is 4.49. The zero-order chi connectivity index (χ0) is 8.27. The minimum atomic E-state index is 0.878. The van der Waals surface area contributed by atoms with Crippen LogP contribution in [0.15, 0.2) is 23.2 Å². The highest BCUT2D eigenvalue weighted by Gasteiger charge is 1.92. The van der Waals surface area contributed by atoms with Crippen LogP contribution in [0.4, 0.5) is 5.69 Å². The summed E-state index contributed by atoms with van der Waals surface area (Å²) in [5.41, 5.74) is 3.38. The fourth-order valence-corrected chi connectivity index (χ4v) is 0.953.